The minimum Gasteiger partial charge on any atom is -0.393 e. The molecule has 0 spiro atoms. The quantitative estimate of drug-likeness (QED) is 0.919. The van der Waals surface area contributed by atoms with Crippen molar-refractivity contribution in [3.05, 3.63) is 11.7 Å². The summed E-state index contributed by atoms with van der Waals surface area (Å²) in [6.07, 6.45) is -0.466. The van der Waals surface area contributed by atoms with Gasteiger partial charge in [0.1, 0.15) is 0 Å². The van der Waals surface area contributed by atoms with Crippen LogP contribution in [-0.4, -0.2) is 38.6 Å². The normalized spacial score (nSPS) is 24.2. The van der Waals surface area contributed by atoms with Gasteiger partial charge >= 0.3 is 0 Å². The third-order valence-electron chi connectivity index (χ3n) is 3.08. The molecule has 0 bridgehead atoms. The zero-order chi connectivity index (χ0) is 13.1. The van der Waals surface area contributed by atoms with E-state index in [9.17, 15) is 5.11 Å². The second kappa shape index (κ2) is 6.30. The van der Waals surface area contributed by atoms with Gasteiger partial charge in [0.05, 0.1) is 17.3 Å². The van der Waals surface area contributed by atoms with E-state index in [1.807, 2.05) is 23.5 Å². The SMILES string of the molecule is CC(C)C(c1nc(C2CSCCS2)no1)C(C)O. The summed E-state index contributed by atoms with van der Waals surface area (Å²) in [6.45, 7) is 5.90. The lowest BCUT2D eigenvalue weighted by Crippen LogP contribution is -2.20. The molecule has 4 nitrogen and oxygen atoms in total. The summed E-state index contributed by atoms with van der Waals surface area (Å²) < 4.78 is 5.36. The first-order chi connectivity index (χ1) is 8.59. The fourth-order valence-corrected chi connectivity index (χ4v) is 4.79. The van der Waals surface area contributed by atoms with E-state index < -0.39 is 6.10 Å². The average Bonchev–Trinajstić information content (AvgIpc) is 2.78. The van der Waals surface area contributed by atoms with Crippen LogP contribution >= 0.6 is 23.5 Å². The van der Waals surface area contributed by atoms with Gasteiger partial charge in [-0.1, -0.05) is 19.0 Å². The first-order valence-electron chi connectivity index (χ1n) is 6.30. The topological polar surface area (TPSA) is 59.2 Å². The number of rotatable bonds is 4. The highest BCUT2D eigenvalue weighted by atomic mass is 32.2. The number of hydrogen-bond acceptors (Lipinski definition) is 6. The Labute approximate surface area is 116 Å². The first kappa shape index (κ1) is 14.2. The summed E-state index contributed by atoms with van der Waals surface area (Å²) in [5, 5.41) is 14.2. The third kappa shape index (κ3) is 3.22. The molecule has 3 atom stereocenters. The van der Waals surface area contributed by atoms with Gasteiger partial charge in [-0.05, 0) is 12.8 Å². The summed E-state index contributed by atoms with van der Waals surface area (Å²) >= 11 is 3.83. The average molecular weight is 288 g/mol. The molecule has 18 heavy (non-hydrogen) atoms. The van der Waals surface area contributed by atoms with Gasteiger partial charge in [0.25, 0.3) is 0 Å². The van der Waals surface area contributed by atoms with E-state index in [1.165, 1.54) is 5.75 Å². The summed E-state index contributed by atoms with van der Waals surface area (Å²) in [5.74, 6) is 4.96. The summed E-state index contributed by atoms with van der Waals surface area (Å²) in [4.78, 5) is 4.50. The molecule has 2 rings (SSSR count). The fourth-order valence-electron chi connectivity index (χ4n) is 2.20. The summed E-state index contributed by atoms with van der Waals surface area (Å²) in [6, 6.07) is 0. The Morgan fingerprint density at radius 3 is 2.67 bits per heavy atom. The predicted octanol–water partition coefficient (Wildman–Crippen LogP) is 2.71. The smallest absolute Gasteiger partial charge is 0.232 e. The number of aromatic nitrogens is 2. The Kier molecular flexibility index (Phi) is 4.98. The molecule has 0 aromatic carbocycles. The van der Waals surface area contributed by atoms with E-state index in [4.69, 9.17) is 4.52 Å². The van der Waals surface area contributed by atoms with Gasteiger partial charge in [-0.15, -0.1) is 11.8 Å². The maximum atomic E-state index is 9.82. The van der Waals surface area contributed by atoms with Gasteiger partial charge in [-0.3, -0.25) is 0 Å². The zero-order valence-electron chi connectivity index (χ0n) is 11.0. The Hall–Kier alpha value is -0.200. The van der Waals surface area contributed by atoms with E-state index in [1.54, 1.807) is 6.92 Å². The van der Waals surface area contributed by atoms with Crippen LogP contribution < -0.4 is 0 Å². The van der Waals surface area contributed by atoms with E-state index in [0.717, 1.165) is 17.3 Å². The molecule has 0 radical (unpaired) electrons. The highest BCUT2D eigenvalue weighted by Gasteiger charge is 2.29. The Morgan fingerprint density at radius 1 is 1.33 bits per heavy atom. The molecule has 3 unspecified atom stereocenters. The maximum Gasteiger partial charge on any atom is 0.232 e. The van der Waals surface area contributed by atoms with Crippen molar-refractivity contribution in [2.24, 2.45) is 5.92 Å². The van der Waals surface area contributed by atoms with Gasteiger partial charge in [-0.2, -0.15) is 16.7 Å². The van der Waals surface area contributed by atoms with Crippen molar-refractivity contribution >= 4 is 23.5 Å². The van der Waals surface area contributed by atoms with Gasteiger partial charge in [0.2, 0.25) is 5.89 Å². The summed E-state index contributed by atoms with van der Waals surface area (Å²) in [5.41, 5.74) is 0. The van der Waals surface area contributed by atoms with Crippen molar-refractivity contribution < 1.29 is 9.63 Å². The molecule has 0 saturated carbocycles. The number of hydrogen-bond donors (Lipinski definition) is 1. The Balaban J connectivity index is 2.13. The molecule has 1 saturated heterocycles. The molecular formula is C12H20N2O2S2. The van der Waals surface area contributed by atoms with Crippen molar-refractivity contribution in [1.29, 1.82) is 0 Å². The van der Waals surface area contributed by atoms with Gasteiger partial charge in [0.15, 0.2) is 5.82 Å². The molecule has 0 amide bonds. The van der Waals surface area contributed by atoms with Gasteiger partial charge < -0.3 is 9.63 Å². The molecule has 6 heteroatoms. The van der Waals surface area contributed by atoms with Gasteiger partial charge in [0, 0.05) is 17.3 Å². The van der Waals surface area contributed by atoms with Crippen molar-refractivity contribution in [1.82, 2.24) is 10.1 Å². The van der Waals surface area contributed by atoms with Crippen LogP contribution in [0.25, 0.3) is 0 Å². The van der Waals surface area contributed by atoms with Crippen LogP contribution in [0.15, 0.2) is 4.52 Å². The molecule has 1 aliphatic rings. The molecule has 0 aliphatic carbocycles. The number of thioether (sulfide) groups is 2. The second-order valence-corrected chi connectivity index (χ2v) is 7.40. The molecule has 1 aromatic rings. The highest BCUT2D eigenvalue weighted by molar-refractivity contribution is 8.06. The lowest BCUT2D eigenvalue weighted by Gasteiger charge is -2.19. The van der Waals surface area contributed by atoms with Crippen LogP contribution in [0.3, 0.4) is 0 Å². The van der Waals surface area contributed by atoms with Crippen LogP contribution in [0.2, 0.25) is 0 Å². The number of nitrogens with zero attached hydrogens (tertiary/aromatic N) is 2. The molecule has 102 valence electrons. The highest BCUT2D eigenvalue weighted by Crippen LogP contribution is 2.36. The Bertz CT molecular complexity index is 368. The standard InChI is InChI=1S/C12H20N2O2S2/c1-7(2)10(8(3)15)12-13-11(14-16-12)9-6-17-4-5-18-9/h7-10,15H,4-6H2,1-3H3. The molecule has 1 aromatic heterocycles. The monoisotopic (exact) mass is 288 g/mol. The Morgan fingerprint density at radius 2 is 2.11 bits per heavy atom. The van der Waals surface area contributed by atoms with Gasteiger partial charge in [-0.25, -0.2) is 0 Å². The van der Waals surface area contributed by atoms with E-state index in [2.05, 4.69) is 24.0 Å². The molecule has 1 N–H and O–H groups in total. The number of aliphatic hydroxyl groups is 1. The molecule has 1 aliphatic heterocycles. The largest absolute Gasteiger partial charge is 0.393 e. The zero-order valence-corrected chi connectivity index (χ0v) is 12.6. The molecular weight excluding hydrogens is 268 g/mol. The minimum atomic E-state index is -0.466. The van der Waals surface area contributed by atoms with Crippen LogP contribution in [0.5, 0.6) is 0 Å². The van der Waals surface area contributed by atoms with Crippen molar-refractivity contribution in [2.45, 2.75) is 38.0 Å². The fraction of sp³-hybridized carbons (Fsp3) is 0.833. The second-order valence-electron chi connectivity index (χ2n) is 4.94. The van der Waals surface area contributed by atoms with Crippen LogP contribution in [-0.2, 0) is 0 Å². The van der Waals surface area contributed by atoms with Crippen molar-refractivity contribution in [3.63, 3.8) is 0 Å². The van der Waals surface area contributed by atoms with Crippen molar-refractivity contribution in [3.8, 4) is 0 Å². The summed E-state index contributed by atoms with van der Waals surface area (Å²) in [7, 11) is 0. The lowest BCUT2D eigenvalue weighted by molar-refractivity contribution is 0.120. The third-order valence-corrected chi connectivity index (χ3v) is 5.84. The van der Waals surface area contributed by atoms with E-state index >= 15 is 0 Å². The lowest BCUT2D eigenvalue weighted by atomic mass is 9.91. The van der Waals surface area contributed by atoms with Crippen LogP contribution in [0.1, 0.15) is 43.7 Å². The van der Waals surface area contributed by atoms with Crippen LogP contribution in [0, 0.1) is 5.92 Å². The van der Waals surface area contributed by atoms with E-state index in [-0.39, 0.29) is 11.8 Å². The number of aliphatic hydroxyl groups excluding tert-OH is 1. The van der Waals surface area contributed by atoms with Crippen molar-refractivity contribution in [2.75, 3.05) is 17.3 Å². The van der Waals surface area contributed by atoms with Crippen LogP contribution in [0.4, 0.5) is 0 Å². The first-order valence-corrected chi connectivity index (χ1v) is 8.51. The maximum absolute atomic E-state index is 9.82. The predicted molar refractivity (Wildman–Crippen MR) is 76.1 cm³/mol. The van der Waals surface area contributed by atoms with E-state index in [0.29, 0.717) is 11.1 Å². The minimum absolute atomic E-state index is 0.0764. The molecule has 2 heterocycles. The molecule has 1 fully saturated rings.